The predicted molar refractivity (Wildman–Crippen MR) is 103 cm³/mol. The summed E-state index contributed by atoms with van der Waals surface area (Å²) in [5, 5.41) is 2.91. The molecule has 1 amide bonds. The van der Waals surface area contributed by atoms with Gasteiger partial charge in [0.1, 0.15) is 11.6 Å². The number of rotatable bonds is 5. The Bertz CT molecular complexity index is 977. The lowest BCUT2D eigenvalue weighted by atomic mass is 9.97. The van der Waals surface area contributed by atoms with Crippen molar-refractivity contribution in [1.82, 2.24) is 4.31 Å². The minimum Gasteiger partial charge on any atom is -0.323 e. The molecule has 0 saturated carbocycles. The molecule has 3 rings (SSSR count). The Hall–Kier alpha value is -2.03. The Kier molecular flexibility index (Phi) is 6.32. The second-order valence-corrected chi connectivity index (χ2v) is 9.08. The van der Waals surface area contributed by atoms with Crippen molar-refractivity contribution in [3.05, 3.63) is 64.7 Å². The summed E-state index contributed by atoms with van der Waals surface area (Å²) in [4.78, 5) is 12.3. The number of carbonyl (C=O) groups excluding carboxylic acids is 1. The number of sulfonamides is 1. The molecule has 150 valence electrons. The molecular weight excluding hydrogens is 410 g/mol. The number of hydrogen-bond donors (Lipinski definition) is 1. The zero-order valence-corrected chi connectivity index (χ0v) is 16.4. The van der Waals surface area contributed by atoms with Crippen molar-refractivity contribution in [3.8, 4) is 0 Å². The molecule has 2 aromatic rings. The Balaban J connectivity index is 1.58. The van der Waals surface area contributed by atoms with E-state index in [9.17, 15) is 22.0 Å². The van der Waals surface area contributed by atoms with E-state index in [1.165, 1.54) is 4.31 Å². The van der Waals surface area contributed by atoms with Crippen LogP contribution >= 0.6 is 11.6 Å². The van der Waals surface area contributed by atoms with Crippen LogP contribution in [0, 0.1) is 17.6 Å². The van der Waals surface area contributed by atoms with Gasteiger partial charge in [0, 0.05) is 30.1 Å². The Labute approximate surface area is 167 Å². The standard InChI is InChI=1S/C19H19ClF2N2O3S/c20-15-3-1-2-13(10-15)12-28(26,27)24-8-6-14(7-9-24)19(25)23-18-5-4-16(21)11-17(18)22/h1-5,10-11,14H,6-9,12H2,(H,23,25). The molecule has 0 spiro atoms. The van der Waals surface area contributed by atoms with E-state index in [0.717, 1.165) is 12.1 Å². The van der Waals surface area contributed by atoms with Gasteiger partial charge in [-0.3, -0.25) is 4.79 Å². The molecule has 0 atom stereocenters. The van der Waals surface area contributed by atoms with Gasteiger partial charge in [-0.2, -0.15) is 0 Å². The minimum absolute atomic E-state index is 0.0950. The van der Waals surface area contributed by atoms with Crippen molar-refractivity contribution in [2.24, 2.45) is 5.92 Å². The van der Waals surface area contributed by atoms with Crippen molar-refractivity contribution >= 4 is 33.2 Å². The van der Waals surface area contributed by atoms with Crippen LogP contribution in [0.1, 0.15) is 18.4 Å². The van der Waals surface area contributed by atoms with Crippen molar-refractivity contribution in [2.75, 3.05) is 18.4 Å². The number of amides is 1. The lowest BCUT2D eigenvalue weighted by molar-refractivity contribution is -0.120. The van der Waals surface area contributed by atoms with Gasteiger partial charge in [-0.15, -0.1) is 0 Å². The Morgan fingerprint density at radius 1 is 1.14 bits per heavy atom. The molecule has 1 saturated heterocycles. The highest BCUT2D eigenvalue weighted by atomic mass is 35.5. The normalized spacial score (nSPS) is 16.1. The molecule has 1 heterocycles. The minimum atomic E-state index is -3.53. The average Bonchev–Trinajstić information content (AvgIpc) is 2.64. The van der Waals surface area contributed by atoms with Crippen LogP contribution in [-0.4, -0.2) is 31.7 Å². The third-order valence-corrected chi connectivity index (χ3v) is 6.73. The first-order valence-electron chi connectivity index (χ1n) is 8.73. The highest BCUT2D eigenvalue weighted by molar-refractivity contribution is 7.88. The molecule has 0 radical (unpaired) electrons. The van der Waals surface area contributed by atoms with Crippen LogP contribution < -0.4 is 5.32 Å². The third kappa shape index (κ3) is 5.06. The highest BCUT2D eigenvalue weighted by Crippen LogP contribution is 2.24. The number of piperidine rings is 1. The molecule has 1 aliphatic heterocycles. The average molecular weight is 429 g/mol. The number of nitrogens with one attached hydrogen (secondary N) is 1. The van der Waals surface area contributed by atoms with E-state index >= 15 is 0 Å². The van der Waals surface area contributed by atoms with Crippen LogP contribution in [0.5, 0.6) is 0 Å². The van der Waals surface area contributed by atoms with E-state index in [1.807, 2.05) is 0 Å². The second kappa shape index (κ2) is 8.55. The Morgan fingerprint density at radius 2 is 1.86 bits per heavy atom. The SMILES string of the molecule is O=C(Nc1ccc(F)cc1F)C1CCN(S(=O)(=O)Cc2cccc(Cl)c2)CC1. The maximum atomic E-state index is 13.7. The summed E-state index contributed by atoms with van der Waals surface area (Å²) in [6.45, 7) is 0.403. The predicted octanol–water partition coefficient (Wildman–Crippen LogP) is 3.80. The molecule has 28 heavy (non-hydrogen) atoms. The van der Waals surface area contributed by atoms with Gasteiger partial charge in [-0.05, 0) is 42.7 Å². The maximum Gasteiger partial charge on any atom is 0.227 e. The topological polar surface area (TPSA) is 66.5 Å². The molecular formula is C19H19ClF2N2O3S. The van der Waals surface area contributed by atoms with Crippen molar-refractivity contribution in [2.45, 2.75) is 18.6 Å². The summed E-state index contributed by atoms with van der Waals surface area (Å²) in [5.74, 6) is -2.59. The monoisotopic (exact) mass is 428 g/mol. The van der Waals surface area contributed by atoms with Crippen molar-refractivity contribution < 1.29 is 22.0 Å². The maximum absolute atomic E-state index is 13.7. The highest BCUT2D eigenvalue weighted by Gasteiger charge is 2.31. The fourth-order valence-electron chi connectivity index (χ4n) is 3.15. The summed E-state index contributed by atoms with van der Waals surface area (Å²) < 4.78 is 53.2. The summed E-state index contributed by atoms with van der Waals surface area (Å²) in [5.41, 5.74) is 0.501. The molecule has 0 unspecified atom stereocenters. The van der Waals surface area contributed by atoms with Crippen LogP contribution in [0.2, 0.25) is 5.02 Å². The molecule has 0 aromatic heterocycles. The number of halogens is 3. The quantitative estimate of drug-likeness (QED) is 0.787. The van der Waals surface area contributed by atoms with Crippen LogP contribution in [0.25, 0.3) is 0 Å². The van der Waals surface area contributed by atoms with E-state index in [4.69, 9.17) is 11.6 Å². The first-order valence-corrected chi connectivity index (χ1v) is 10.7. The van der Waals surface area contributed by atoms with Crippen LogP contribution in [-0.2, 0) is 20.6 Å². The van der Waals surface area contributed by atoms with Gasteiger partial charge in [-0.25, -0.2) is 21.5 Å². The van der Waals surface area contributed by atoms with E-state index in [1.54, 1.807) is 24.3 Å². The molecule has 2 aromatic carbocycles. The smallest absolute Gasteiger partial charge is 0.227 e. The molecule has 9 heteroatoms. The van der Waals surface area contributed by atoms with Gasteiger partial charge in [0.15, 0.2) is 0 Å². The van der Waals surface area contributed by atoms with E-state index in [0.29, 0.717) is 29.5 Å². The summed E-state index contributed by atoms with van der Waals surface area (Å²) >= 11 is 5.90. The second-order valence-electron chi connectivity index (χ2n) is 6.67. The Morgan fingerprint density at radius 3 is 2.50 bits per heavy atom. The van der Waals surface area contributed by atoms with Gasteiger partial charge in [0.2, 0.25) is 15.9 Å². The van der Waals surface area contributed by atoms with E-state index in [2.05, 4.69) is 5.32 Å². The van der Waals surface area contributed by atoms with Crippen LogP contribution in [0.4, 0.5) is 14.5 Å². The van der Waals surface area contributed by atoms with Crippen LogP contribution in [0.3, 0.4) is 0 Å². The van der Waals surface area contributed by atoms with Gasteiger partial charge in [0.25, 0.3) is 0 Å². The largest absolute Gasteiger partial charge is 0.323 e. The first kappa shape index (κ1) is 20.7. The van der Waals surface area contributed by atoms with Crippen molar-refractivity contribution in [1.29, 1.82) is 0 Å². The summed E-state index contributed by atoms with van der Waals surface area (Å²) in [7, 11) is -3.53. The zero-order chi connectivity index (χ0) is 20.3. The molecule has 1 N–H and O–H groups in total. The van der Waals surface area contributed by atoms with Gasteiger partial charge >= 0.3 is 0 Å². The molecule has 0 aliphatic carbocycles. The van der Waals surface area contributed by atoms with Gasteiger partial charge in [-0.1, -0.05) is 23.7 Å². The lowest BCUT2D eigenvalue weighted by Crippen LogP contribution is -2.41. The molecule has 1 fully saturated rings. The fourth-order valence-corrected chi connectivity index (χ4v) is 4.91. The molecule has 0 bridgehead atoms. The van der Waals surface area contributed by atoms with E-state index < -0.39 is 33.5 Å². The fraction of sp³-hybridized carbons (Fsp3) is 0.316. The number of hydrogen-bond acceptors (Lipinski definition) is 3. The number of benzene rings is 2. The van der Waals surface area contributed by atoms with Gasteiger partial charge in [0.05, 0.1) is 11.4 Å². The molecule has 5 nitrogen and oxygen atoms in total. The van der Waals surface area contributed by atoms with Crippen LogP contribution in [0.15, 0.2) is 42.5 Å². The van der Waals surface area contributed by atoms with Gasteiger partial charge < -0.3 is 5.32 Å². The number of carbonyl (C=O) groups is 1. The van der Waals surface area contributed by atoms with E-state index in [-0.39, 0.29) is 24.5 Å². The lowest BCUT2D eigenvalue weighted by Gasteiger charge is -2.30. The number of anilines is 1. The summed E-state index contributed by atoms with van der Waals surface area (Å²) in [6, 6.07) is 9.58. The third-order valence-electron chi connectivity index (χ3n) is 4.65. The van der Waals surface area contributed by atoms with Crippen molar-refractivity contribution in [3.63, 3.8) is 0 Å². The zero-order valence-electron chi connectivity index (χ0n) is 14.9. The number of nitrogens with zero attached hydrogens (tertiary/aromatic N) is 1. The first-order chi connectivity index (χ1) is 13.2. The summed E-state index contributed by atoms with van der Waals surface area (Å²) in [6.07, 6.45) is 0.646. The molecule has 1 aliphatic rings.